The molecule has 0 aliphatic rings. The first-order valence-corrected chi connectivity index (χ1v) is 9.51. The Bertz CT molecular complexity index is 829. The van der Waals surface area contributed by atoms with Gasteiger partial charge in [0.2, 0.25) is 0 Å². The highest BCUT2D eigenvalue weighted by Crippen LogP contribution is 2.12. The molecular formula is C20H23FN4O3S. The van der Waals surface area contributed by atoms with E-state index in [0.717, 1.165) is 12.8 Å². The first-order valence-electron chi connectivity index (χ1n) is 9.10. The average molecular weight is 418 g/mol. The van der Waals surface area contributed by atoms with Crippen molar-refractivity contribution in [3.63, 3.8) is 0 Å². The van der Waals surface area contributed by atoms with Gasteiger partial charge in [-0.25, -0.2) is 4.39 Å². The summed E-state index contributed by atoms with van der Waals surface area (Å²) in [5, 5.41) is 5.41. The van der Waals surface area contributed by atoms with Gasteiger partial charge < -0.3 is 15.4 Å². The third kappa shape index (κ3) is 8.14. The minimum Gasteiger partial charge on any atom is -0.494 e. The molecule has 4 N–H and O–H groups in total. The number of hydrazine groups is 1. The molecule has 2 amide bonds. The first kappa shape index (κ1) is 22.1. The molecule has 0 heterocycles. The monoisotopic (exact) mass is 418 g/mol. The minimum atomic E-state index is -0.485. The molecule has 9 heteroatoms. The van der Waals surface area contributed by atoms with Gasteiger partial charge in [-0.1, -0.05) is 13.3 Å². The number of nitrogens with one attached hydrogen (secondary N) is 4. The van der Waals surface area contributed by atoms with Crippen LogP contribution < -0.4 is 26.2 Å². The van der Waals surface area contributed by atoms with Gasteiger partial charge in [-0.2, -0.15) is 0 Å². The van der Waals surface area contributed by atoms with E-state index in [1.165, 1.54) is 24.3 Å². The van der Waals surface area contributed by atoms with Crippen LogP contribution in [0.15, 0.2) is 48.5 Å². The standard InChI is InChI=1S/C20H23FN4O3S/c1-2-3-12-28-17-10-4-14(5-11-17)19(27)22-13-18(26)24-25-20(29)23-16-8-6-15(21)7-9-16/h4-11H,2-3,12-13H2,1H3,(H,22,27)(H,24,26)(H2,23,25,29). The molecule has 0 aromatic heterocycles. The lowest BCUT2D eigenvalue weighted by Gasteiger charge is -2.12. The van der Waals surface area contributed by atoms with Gasteiger partial charge in [0.15, 0.2) is 5.11 Å². The van der Waals surface area contributed by atoms with Crippen molar-refractivity contribution in [2.75, 3.05) is 18.5 Å². The molecule has 0 saturated carbocycles. The number of unbranched alkanes of at least 4 members (excludes halogenated alkanes) is 1. The van der Waals surface area contributed by atoms with Crippen LogP contribution in [0.5, 0.6) is 5.75 Å². The molecule has 2 aromatic carbocycles. The van der Waals surface area contributed by atoms with E-state index in [1.54, 1.807) is 24.3 Å². The van der Waals surface area contributed by atoms with Crippen LogP contribution in [0, 0.1) is 5.82 Å². The molecule has 0 spiro atoms. The molecule has 2 rings (SSSR count). The molecule has 0 radical (unpaired) electrons. The lowest BCUT2D eigenvalue weighted by atomic mass is 10.2. The summed E-state index contributed by atoms with van der Waals surface area (Å²) in [7, 11) is 0. The number of ether oxygens (including phenoxy) is 1. The fraction of sp³-hybridized carbons (Fsp3) is 0.250. The molecule has 0 saturated heterocycles. The Morgan fingerprint density at radius 1 is 1.03 bits per heavy atom. The van der Waals surface area contributed by atoms with Crippen LogP contribution in [0.2, 0.25) is 0 Å². The number of hydrogen-bond donors (Lipinski definition) is 4. The largest absolute Gasteiger partial charge is 0.494 e. The molecule has 29 heavy (non-hydrogen) atoms. The number of carbonyl (C=O) groups is 2. The molecule has 0 bridgehead atoms. The zero-order chi connectivity index (χ0) is 21.1. The van der Waals surface area contributed by atoms with Crippen LogP contribution in [0.25, 0.3) is 0 Å². The molecule has 154 valence electrons. The Balaban J connectivity index is 1.69. The van der Waals surface area contributed by atoms with Crippen molar-refractivity contribution in [1.82, 2.24) is 16.2 Å². The molecule has 0 atom stereocenters. The van der Waals surface area contributed by atoms with E-state index in [2.05, 4.69) is 28.4 Å². The van der Waals surface area contributed by atoms with Gasteiger partial charge in [0.05, 0.1) is 13.2 Å². The molecule has 0 unspecified atom stereocenters. The van der Waals surface area contributed by atoms with Gasteiger partial charge in [0.1, 0.15) is 11.6 Å². The third-order valence-electron chi connectivity index (χ3n) is 3.71. The van der Waals surface area contributed by atoms with Crippen molar-refractivity contribution in [1.29, 1.82) is 0 Å². The van der Waals surface area contributed by atoms with Gasteiger partial charge in [-0.15, -0.1) is 0 Å². The van der Waals surface area contributed by atoms with E-state index in [9.17, 15) is 14.0 Å². The molecule has 0 aliphatic heterocycles. The Kier molecular flexibility index (Phi) is 8.84. The fourth-order valence-electron chi connectivity index (χ4n) is 2.17. The summed E-state index contributed by atoms with van der Waals surface area (Å²) in [6, 6.07) is 12.3. The number of hydrogen-bond acceptors (Lipinski definition) is 4. The van der Waals surface area contributed by atoms with E-state index >= 15 is 0 Å². The number of amides is 2. The zero-order valence-corrected chi connectivity index (χ0v) is 16.8. The van der Waals surface area contributed by atoms with E-state index in [1.807, 2.05) is 0 Å². The summed E-state index contributed by atoms with van der Waals surface area (Å²) in [5.74, 6) is -0.537. The summed E-state index contributed by atoms with van der Waals surface area (Å²) in [6.07, 6.45) is 2.01. The quantitative estimate of drug-likeness (QED) is 0.299. The van der Waals surface area contributed by atoms with Crippen LogP contribution in [0.1, 0.15) is 30.1 Å². The first-order chi connectivity index (χ1) is 14.0. The number of thiocarbonyl (C=S) groups is 1. The lowest BCUT2D eigenvalue weighted by molar-refractivity contribution is -0.120. The summed E-state index contributed by atoms with van der Waals surface area (Å²) < 4.78 is 18.4. The van der Waals surface area contributed by atoms with Gasteiger partial charge >= 0.3 is 0 Å². The second kappa shape index (κ2) is 11.6. The number of anilines is 1. The van der Waals surface area contributed by atoms with Crippen LogP contribution in [0.3, 0.4) is 0 Å². The Morgan fingerprint density at radius 3 is 2.38 bits per heavy atom. The Labute approximate surface area is 174 Å². The highest BCUT2D eigenvalue weighted by atomic mass is 32.1. The highest BCUT2D eigenvalue weighted by molar-refractivity contribution is 7.80. The normalized spacial score (nSPS) is 10.0. The van der Waals surface area contributed by atoms with E-state index in [0.29, 0.717) is 23.6 Å². The van der Waals surface area contributed by atoms with Crippen molar-refractivity contribution in [3.8, 4) is 5.75 Å². The molecule has 7 nitrogen and oxygen atoms in total. The average Bonchev–Trinajstić information content (AvgIpc) is 2.73. The van der Waals surface area contributed by atoms with Crippen molar-refractivity contribution in [2.24, 2.45) is 0 Å². The molecule has 2 aromatic rings. The van der Waals surface area contributed by atoms with E-state index < -0.39 is 5.91 Å². The smallest absolute Gasteiger partial charge is 0.257 e. The number of benzene rings is 2. The van der Waals surface area contributed by atoms with Crippen LogP contribution in [-0.4, -0.2) is 30.1 Å². The maximum atomic E-state index is 12.9. The van der Waals surface area contributed by atoms with Gasteiger partial charge in [-0.05, 0) is 67.2 Å². The maximum absolute atomic E-state index is 12.9. The van der Waals surface area contributed by atoms with Crippen LogP contribution in [-0.2, 0) is 4.79 Å². The van der Waals surface area contributed by atoms with Gasteiger partial charge in [-0.3, -0.25) is 20.4 Å². The summed E-state index contributed by atoms with van der Waals surface area (Å²) in [6.45, 7) is 2.48. The van der Waals surface area contributed by atoms with E-state index in [-0.39, 0.29) is 23.4 Å². The van der Waals surface area contributed by atoms with Gasteiger partial charge in [0.25, 0.3) is 11.8 Å². The third-order valence-corrected chi connectivity index (χ3v) is 3.91. The zero-order valence-electron chi connectivity index (χ0n) is 16.0. The maximum Gasteiger partial charge on any atom is 0.257 e. The van der Waals surface area contributed by atoms with E-state index in [4.69, 9.17) is 17.0 Å². The predicted molar refractivity (Wildman–Crippen MR) is 113 cm³/mol. The second-order valence-electron chi connectivity index (χ2n) is 6.04. The molecule has 0 fully saturated rings. The Morgan fingerprint density at radius 2 is 1.72 bits per heavy atom. The van der Waals surface area contributed by atoms with Crippen molar-refractivity contribution in [3.05, 3.63) is 59.9 Å². The summed E-state index contributed by atoms with van der Waals surface area (Å²) >= 11 is 5.02. The number of halogens is 1. The second-order valence-corrected chi connectivity index (χ2v) is 6.45. The number of rotatable bonds is 8. The van der Waals surface area contributed by atoms with Crippen molar-refractivity contribution < 1.29 is 18.7 Å². The topological polar surface area (TPSA) is 91.5 Å². The van der Waals surface area contributed by atoms with Crippen LogP contribution in [0.4, 0.5) is 10.1 Å². The highest BCUT2D eigenvalue weighted by Gasteiger charge is 2.08. The summed E-state index contributed by atoms with van der Waals surface area (Å²) in [4.78, 5) is 23.9. The van der Waals surface area contributed by atoms with Crippen molar-refractivity contribution in [2.45, 2.75) is 19.8 Å². The summed E-state index contributed by atoms with van der Waals surface area (Å²) in [5.41, 5.74) is 5.84. The number of carbonyl (C=O) groups excluding carboxylic acids is 2. The van der Waals surface area contributed by atoms with Crippen molar-refractivity contribution >= 4 is 34.8 Å². The van der Waals surface area contributed by atoms with Crippen LogP contribution >= 0.6 is 12.2 Å². The molecular weight excluding hydrogens is 395 g/mol. The van der Waals surface area contributed by atoms with Gasteiger partial charge in [0, 0.05) is 11.3 Å². The Hall–Kier alpha value is -3.20. The SMILES string of the molecule is CCCCOc1ccc(C(=O)NCC(=O)NNC(=S)Nc2ccc(F)cc2)cc1. The minimum absolute atomic E-state index is 0.120. The fourth-order valence-corrected chi connectivity index (χ4v) is 2.33. The lowest BCUT2D eigenvalue weighted by Crippen LogP contribution is -2.47. The molecule has 0 aliphatic carbocycles. The predicted octanol–water partition coefficient (Wildman–Crippen LogP) is 2.75.